The molecular formula is C28H30BrN3O4. The SMILES string of the molecule is COC(=O)C(C(=O)N1CCC2(CCCN2)C1)C(c1ccccc1)c1cc2cc(Br)ccc2nc1OC. The molecule has 7 nitrogen and oxygen atoms in total. The van der Waals surface area contributed by atoms with Crippen LogP contribution in [0.5, 0.6) is 5.88 Å². The maximum atomic E-state index is 14.1. The van der Waals surface area contributed by atoms with Gasteiger partial charge >= 0.3 is 5.97 Å². The number of fused-ring (bicyclic) bond motifs is 1. The van der Waals surface area contributed by atoms with Gasteiger partial charge in [-0.2, -0.15) is 0 Å². The summed E-state index contributed by atoms with van der Waals surface area (Å²) in [6.45, 7) is 2.17. The van der Waals surface area contributed by atoms with Crippen LogP contribution >= 0.6 is 15.9 Å². The standard InChI is InChI=1S/C28H30BrN3O4/c1-35-25-21(16-19-15-20(29)9-10-22(19)31-25)23(18-7-4-3-5-8-18)24(27(34)36-2)26(33)32-14-12-28(17-32)11-6-13-30-28/h3-5,7-10,15-16,23-24,30H,6,11-14,17H2,1-2H3. The van der Waals surface area contributed by atoms with Crippen molar-refractivity contribution in [3.63, 3.8) is 0 Å². The smallest absolute Gasteiger partial charge is 0.319 e. The van der Waals surface area contributed by atoms with Crippen LogP contribution in [0.2, 0.25) is 0 Å². The maximum Gasteiger partial charge on any atom is 0.319 e. The Kier molecular flexibility index (Phi) is 6.99. The first kappa shape index (κ1) is 24.7. The van der Waals surface area contributed by atoms with Crippen LogP contribution in [0.1, 0.15) is 36.3 Å². The second kappa shape index (κ2) is 10.2. The van der Waals surface area contributed by atoms with E-state index in [1.54, 1.807) is 7.11 Å². The lowest BCUT2D eigenvalue weighted by molar-refractivity contribution is -0.154. The van der Waals surface area contributed by atoms with Crippen LogP contribution < -0.4 is 10.1 Å². The Morgan fingerprint density at radius 3 is 2.61 bits per heavy atom. The molecule has 2 aliphatic heterocycles. The second-order valence-corrected chi connectivity index (χ2v) is 10.5. The first-order valence-corrected chi connectivity index (χ1v) is 13.0. The number of hydrogen-bond donors (Lipinski definition) is 1. The van der Waals surface area contributed by atoms with E-state index in [1.165, 1.54) is 7.11 Å². The molecule has 2 aliphatic rings. The number of carbonyl (C=O) groups excluding carboxylic acids is 2. The fraction of sp³-hybridized carbons (Fsp3) is 0.393. The molecule has 0 saturated carbocycles. The number of amides is 1. The highest BCUT2D eigenvalue weighted by molar-refractivity contribution is 9.10. The van der Waals surface area contributed by atoms with Crippen molar-refractivity contribution in [2.24, 2.45) is 5.92 Å². The summed E-state index contributed by atoms with van der Waals surface area (Å²) >= 11 is 3.54. The number of benzene rings is 2. The van der Waals surface area contributed by atoms with Crippen molar-refractivity contribution in [1.29, 1.82) is 0 Å². The lowest BCUT2D eigenvalue weighted by Gasteiger charge is -2.31. The topological polar surface area (TPSA) is 80.8 Å². The van der Waals surface area contributed by atoms with Gasteiger partial charge in [0.15, 0.2) is 0 Å². The van der Waals surface area contributed by atoms with Crippen LogP contribution in [-0.2, 0) is 14.3 Å². The van der Waals surface area contributed by atoms with Gasteiger partial charge in [-0.3, -0.25) is 9.59 Å². The van der Waals surface area contributed by atoms with Crippen LogP contribution in [0.3, 0.4) is 0 Å². The number of methoxy groups -OCH3 is 2. The molecule has 1 aromatic heterocycles. The molecule has 3 atom stereocenters. The zero-order valence-electron chi connectivity index (χ0n) is 20.5. The highest BCUT2D eigenvalue weighted by atomic mass is 79.9. The molecule has 36 heavy (non-hydrogen) atoms. The summed E-state index contributed by atoms with van der Waals surface area (Å²) < 4.78 is 11.9. The molecular weight excluding hydrogens is 522 g/mol. The van der Waals surface area contributed by atoms with Crippen molar-refractivity contribution in [2.45, 2.75) is 30.7 Å². The average molecular weight is 552 g/mol. The maximum absolute atomic E-state index is 14.1. The van der Waals surface area contributed by atoms with E-state index >= 15 is 0 Å². The van der Waals surface area contributed by atoms with E-state index in [9.17, 15) is 9.59 Å². The Balaban J connectivity index is 1.64. The number of halogens is 1. The van der Waals surface area contributed by atoms with Crippen LogP contribution in [-0.4, -0.2) is 61.2 Å². The third-order valence-corrected chi connectivity index (χ3v) is 8.00. The van der Waals surface area contributed by atoms with E-state index in [1.807, 2.05) is 59.5 Å². The number of esters is 1. The minimum Gasteiger partial charge on any atom is -0.481 e. The van der Waals surface area contributed by atoms with E-state index in [4.69, 9.17) is 14.5 Å². The third-order valence-electron chi connectivity index (χ3n) is 7.51. The summed E-state index contributed by atoms with van der Waals surface area (Å²) in [5, 5.41) is 4.47. The molecule has 8 heteroatoms. The summed E-state index contributed by atoms with van der Waals surface area (Å²) in [6.07, 6.45) is 3.03. The number of hydrogen-bond acceptors (Lipinski definition) is 6. The Morgan fingerprint density at radius 2 is 1.92 bits per heavy atom. The van der Waals surface area contributed by atoms with Crippen LogP contribution in [0.4, 0.5) is 0 Å². The molecule has 0 aliphatic carbocycles. The molecule has 3 aromatic rings. The largest absolute Gasteiger partial charge is 0.481 e. The van der Waals surface area contributed by atoms with Crippen molar-refractivity contribution >= 4 is 38.7 Å². The summed E-state index contributed by atoms with van der Waals surface area (Å²) in [6, 6.07) is 17.4. The number of nitrogens with one attached hydrogen (secondary N) is 1. The zero-order valence-corrected chi connectivity index (χ0v) is 22.1. The van der Waals surface area contributed by atoms with E-state index in [-0.39, 0.29) is 11.4 Å². The molecule has 188 valence electrons. The van der Waals surface area contributed by atoms with E-state index < -0.39 is 17.8 Å². The van der Waals surface area contributed by atoms with Gasteiger partial charge in [0, 0.05) is 40.0 Å². The predicted molar refractivity (Wildman–Crippen MR) is 141 cm³/mol. The lowest BCUT2D eigenvalue weighted by atomic mass is 9.79. The van der Waals surface area contributed by atoms with E-state index in [2.05, 4.69) is 21.2 Å². The lowest BCUT2D eigenvalue weighted by Crippen LogP contribution is -2.46. The highest BCUT2D eigenvalue weighted by Crippen LogP contribution is 2.41. The van der Waals surface area contributed by atoms with Gasteiger partial charge < -0.3 is 19.7 Å². The molecule has 1 spiro atoms. The first-order valence-electron chi connectivity index (χ1n) is 12.3. The van der Waals surface area contributed by atoms with Crippen LogP contribution in [0.15, 0.2) is 59.1 Å². The Labute approximate surface area is 219 Å². The molecule has 2 aromatic carbocycles. The highest BCUT2D eigenvalue weighted by Gasteiger charge is 2.47. The molecule has 3 unspecified atom stereocenters. The van der Waals surface area contributed by atoms with E-state index in [0.29, 0.717) is 24.5 Å². The van der Waals surface area contributed by atoms with Crippen molar-refractivity contribution in [3.8, 4) is 5.88 Å². The van der Waals surface area contributed by atoms with Crippen molar-refractivity contribution in [3.05, 3.63) is 70.2 Å². The molecule has 0 radical (unpaired) electrons. The fourth-order valence-electron chi connectivity index (χ4n) is 5.73. The monoisotopic (exact) mass is 551 g/mol. The van der Waals surface area contributed by atoms with E-state index in [0.717, 1.165) is 46.7 Å². The number of aromatic nitrogens is 1. The predicted octanol–water partition coefficient (Wildman–Crippen LogP) is 4.28. The minimum atomic E-state index is -1.07. The fourth-order valence-corrected chi connectivity index (χ4v) is 6.10. The van der Waals surface area contributed by atoms with Gasteiger partial charge in [-0.25, -0.2) is 4.98 Å². The number of ether oxygens (including phenoxy) is 2. The normalized spacial score (nSPS) is 21.0. The average Bonchev–Trinajstić information content (AvgIpc) is 3.55. The number of rotatable bonds is 6. The molecule has 1 N–H and O–H groups in total. The number of pyridine rings is 1. The Morgan fingerprint density at radius 1 is 1.11 bits per heavy atom. The van der Waals surface area contributed by atoms with Gasteiger partial charge in [0.25, 0.3) is 0 Å². The van der Waals surface area contributed by atoms with Crippen molar-refractivity contribution < 1.29 is 19.1 Å². The molecule has 0 bridgehead atoms. The van der Waals surface area contributed by atoms with Crippen LogP contribution in [0.25, 0.3) is 10.9 Å². The van der Waals surface area contributed by atoms with Crippen LogP contribution in [0, 0.1) is 5.92 Å². The number of carbonyl (C=O) groups is 2. The van der Waals surface area contributed by atoms with Gasteiger partial charge in [-0.1, -0.05) is 46.3 Å². The number of nitrogens with zero attached hydrogens (tertiary/aromatic N) is 2. The zero-order chi connectivity index (χ0) is 25.3. The molecule has 2 fully saturated rings. The van der Waals surface area contributed by atoms with Gasteiger partial charge in [0.05, 0.1) is 19.7 Å². The van der Waals surface area contributed by atoms with Gasteiger partial charge in [-0.15, -0.1) is 0 Å². The molecule has 1 amide bonds. The number of likely N-dealkylation sites (tertiary alicyclic amines) is 1. The van der Waals surface area contributed by atoms with Gasteiger partial charge in [-0.05, 0) is 55.6 Å². The quantitative estimate of drug-likeness (QED) is 0.363. The summed E-state index contributed by atoms with van der Waals surface area (Å²) in [7, 11) is 2.89. The summed E-state index contributed by atoms with van der Waals surface area (Å²) in [5.41, 5.74) is 2.21. The second-order valence-electron chi connectivity index (χ2n) is 9.63. The Bertz CT molecular complexity index is 1280. The van der Waals surface area contributed by atoms with Crippen molar-refractivity contribution in [2.75, 3.05) is 33.9 Å². The Hall–Kier alpha value is -2.97. The van der Waals surface area contributed by atoms with Gasteiger partial charge in [0.2, 0.25) is 11.8 Å². The summed E-state index contributed by atoms with van der Waals surface area (Å²) in [5.74, 6) is -2.11. The molecule has 2 saturated heterocycles. The summed E-state index contributed by atoms with van der Waals surface area (Å²) in [4.78, 5) is 34.1. The first-order chi connectivity index (χ1) is 17.4. The van der Waals surface area contributed by atoms with Gasteiger partial charge in [0.1, 0.15) is 5.92 Å². The third kappa shape index (κ3) is 4.60. The van der Waals surface area contributed by atoms with Crippen molar-refractivity contribution in [1.82, 2.24) is 15.2 Å². The molecule has 5 rings (SSSR count). The molecule has 3 heterocycles. The minimum absolute atomic E-state index is 0.0486.